The van der Waals surface area contributed by atoms with Gasteiger partial charge in [-0.2, -0.15) is 0 Å². The third-order valence-electron chi connectivity index (χ3n) is 4.26. The van der Waals surface area contributed by atoms with E-state index in [1.165, 1.54) is 6.33 Å². The molecule has 1 unspecified atom stereocenters. The van der Waals surface area contributed by atoms with Gasteiger partial charge in [-0.1, -0.05) is 6.07 Å². The van der Waals surface area contributed by atoms with Crippen LogP contribution in [0.3, 0.4) is 0 Å². The van der Waals surface area contributed by atoms with Gasteiger partial charge < -0.3 is 19.9 Å². The molecule has 1 heterocycles. The van der Waals surface area contributed by atoms with E-state index in [1.54, 1.807) is 36.7 Å². The second-order valence-corrected chi connectivity index (χ2v) is 6.20. The standard InChI is InChI=1S/C22H23N3O4/c1-3-28-19-10-7-16(11-20(19)29-4-2)21(17-12-23-14-24-13-17)25-18-8-5-15(6-9-18)22(26)27/h5-14,21,25H,3-4H2,1-2H3,(H,26,27). The maximum atomic E-state index is 11.1. The molecule has 0 saturated heterocycles. The summed E-state index contributed by atoms with van der Waals surface area (Å²) in [4.78, 5) is 19.4. The van der Waals surface area contributed by atoms with Crippen molar-refractivity contribution in [1.82, 2.24) is 9.97 Å². The zero-order valence-electron chi connectivity index (χ0n) is 16.3. The lowest BCUT2D eigenvalue weighted by Crippen LogP contribution is -2.13. The lowest BCUT2D eigenvalue weighted by Gasteiger charge is -2.22. The molecular weight excluding hydrogens is 370 g/mol. The maximum absolute atomic E-state index is 11.1. The van der Waals surface area contributed by atoms with Gasteiger partial charge in [0.25, 0.3) is 0 Å². The minimum absolute atomic E-state index is 0.231. The van der Waals surface area contributed by atoms with Crippen LogP contribution in [0.4, 0.5) is 5.69 Å². The van der Waals surface area contributed by atoms with Crippen molar-refractivity contribution in [3.05, 3.63) is 77.9 Å². The Kier molecular flexibility index (Phi) is 6.63. The van der Waals surface area contributed by atoms with Crippen molar-refractivity contribution < 1.29 is 19.4 Å². The molecule has 0 spiro atoms. The van der Waals surface area contributed by atoms with E-state index in [-0.39, 0.29) is 11.6 Å². The summed E-state index contributed by atoms with van der Waals surface area (Å²) in [5.74, 6) is 0.390. The topological polar surface area (TPSA) is 93.6 Å². The highest BCUT2D eigenvalue weighted by Crippen LogP contribution is 2.34. The average molecular weight is 393 g/mol. The Morgan fingerprint density at radius 3 is 2.24 bits per heavy atom. The van der Waals surface area contributed by atoms with Crippen molar-refractivity contribution in [2.45, 2.75) is 19.9 Å². The normalized spacial score (nSPS) is 11.5. The van der Waals surface area contributed by atoms with Crippen molar-refractivity contribution in [2.24, 2.45) is 0 Å². The van der Waals surface area contributed by atoms with Gasteiger partial charge in [0.1, 0.15) is 6.33 Å². The summed E-state index contributed by atoms with van der Waals surface area (Å²) in [6, 6.07) is 12.1. The zero-order chi connectivity index (χ0) is 20.6. The number of aromatic nitrogens is 2. The van der Waals surface area contributed by atoms with Crippen molar-refractivity contribution in [3.8, 4) is 11.5 Å². The van der Waals surface area contributed by atoms with Crippen molar-refractivity contribution in [2.75, 3.05) is 18.5 Å². The number of ether oxygens (including phenoxy) is 2. The molecule has 2 N–H and O–H groups in total. The lowest BCUT2D eigenvalue weighted by molar-refractivity contribution is 0.0697. The Balaban J connectivity index is 1.98. The number of carboxylic acids is 1. The van der Waals surface area contributed by atoms with E-state index in [0.29, 0.717) is 24.7 Å². The quantitative estimate of drug-likeness (QED) is 0.563. The average Bonchev–Trinajstić information content (AvgIpc) is 2.74. The lowest BCUT2D eigenvalue weighted by atomic mass is 10.00. The van der Waals surface area contributed by atoms with E-state index < -0.39 is 5.97 Å². The van der Waals surface area contributed by atoms with E-state index in [1.807, 2.05) is 32.0 Å². The molecule has 7 nitrogen and oxygen atoms in total. The summed E-state index contributed by atoms with van der Waals surface area (Å²) >= 11 is 0. The third-order valence-corrected chi connectivity index (χ3v) is 4.26. The maximum Gasteiger partial charge on any atom is 0.335 e. The summed E-state index contributed by atoms with van der Waals surface area (Å²) in [7, 11) is 0. The van der Waals surface area contributed by atoms with Crippen LogP contribution in [-0.4, -0.2) is 34.3 Å². The summed E-state index contributed by atoms with van der Waals surface area (Å²) in [6.07, 6.45) is 4.96. The smallest absolute Gasteiger partial charge is 0.335 e. The van der Waals surface area contributed by atoms with Gasteiger partial charge in [-0.05, 0) is 55.8 Å². The number of benzene rings is 2. The van der Waals surface area contributed by atoms with Gasteiger partial charge in [-0.3, -0.25) is 0 Å². The number of hydrogen-bond donors (Lipinski definition) is 2. The van der Waals surface area contributed by atoms with Crippen LogP contribution in [0.2, 0.25) is 0 Å². The fraction of sp³-hybridized carbons (Fsp3) is 0.227. The van der Waals surface area contributed by atoms with Crippen LogP contribution in [0.1, 0.15) is 41.4 Å². The van der Waals surface area contributed by atoms with Crippen molar-refractivity contribution in [3.63, 3.8) is 0 Å². The monoisotopic (exact) mass is 393 g/mol. The molecule has 0 fully saturated rings. The van der Waals surface area contributed by atoms with Gasteiger partial charge in [-0.25, -0.2) is 14.8 Å². The Bertz CT molecular complexity index is 946. The van der Waals surface area contributed by atoms with Crippen LogP contribution in [0.5, 0.6) is 11.5 Å². The number of carboxylic acid groups (broad SMARTS) is 1. The Morgan fingerprint density at radius 2 is 1.62 bits per heavy atom. The fourth-order valence-corrected chi connectivity index (χ4v) is 2.94. The highest BCUT2D eigenvalue weighted by atomic mass is 16.5. The number of hydrogen-bond acceptors (Lipinski definition) is 6. The molecule has 0 aliphatic rings. The Labute approximate surface area is 169 Å². The second-order valence-electron chi connectivity index (χ2n) is 6.20. The third kappa shape index (κ3) is 5.01. The molecule has 0 amide bonds. The molecule has 0 radical (unpaired) electrons. The van der Waals surface area contributed by atoms with E-state index >= 15 is 0 Å². The van der Waals surface area contributed by atoms with E-state index in [4.69, 9.17) is 14.6 Å². The first-order valence-electron chi connectivity index (χ1n) is 9.36. The minimum atomic E-state index is -0.961. The molecule has 29 heavy (non-hydrogen) atoms. The van der Waals surface area contributed by atoms with Crippen LogP contribution in [-0.2, 0) is 0 Å². The molecule has 1 atom stereocenters. The van der Waals surface area contributed by atoms with Gasteiger partial charge in [0, 0.05) is 23.6 Å². The van der Waals surface area contributed by atoms with E-state index in [2.05, 4.69) is 15.3 Å². The summed E-state index contributed by atoms with van der Waals surface area (Å²) in [6.45, 7) is 4.92. The molecular formula is C22H23N3O4. The number of nitrogens with zero attached hydrogens (tertiary/aromatic N) is 2. The molecule has 0 aliphatic heterocycles. The largest absolute Gasteiger partial charge is 0.490 e. The SMILES string of the molecule is CCOc1ccc(C(Nc2ccc(C(=O)O)cc2)c2cncnc2)cc1OCC. The molecule has 0 saturated carbocycles. The van der Waals surface area contributed by atoms with Crippen LogP contribution in [0.25, 0.3) is 0 Å². The van der Waals surface area contributed by atoms with Crippen LogP contribution in [0, 0.1) is 0 Å². The molecule has 0 bridgehead atoms. The summed E-state index contributed by atoms with van der Waals surface area (Å²) in [5.41, 5.74) is 2.81. The second kappa shape index (κ2) is 9.54. The molecule has 0 aliphatic carbocycles. The highest BCUT2D eigenvalue weighted by Gasteiger charge is 2.18. The molecule has 1 aromatic heterocycles. The molecule has 150 valence electrons. The van der Waals surface area contributed by atoms with Gasteiger partial charge in [-0.15, -0.1) is 0 Å². The first-order chi connectivity index (χ1) is 14.1. The Morgan fingerprint density at radius 1 is 0.966 bits per heavy atom. The molecule has 3 rings (SSSR count). The Hall–Kier alpha value is -3.61. The highest BCUT2D eigenvalue weighted by molar-refractivity contribution is 5.88. The number of carbonyl (C=O) groups is 1. The fourth-order valence-electron chi connectivity index (χ4n) is 2.94. The predicted molar refractivity (Wildman–Crippen MR) is 110 cm³/mol. The number of nitrogens with one attached hydrogen (secondary N) is 1. The number of rotatable bonds is 9. The van der Waals surface area contributed by atoms with E-state index in [9.17, 15) is 4.79 Å². The summed E-state index contributed by atoms with van der Waals surface area (Å²) in [5, 5.41) is 12.5. The van der Waals surface area contributed by atoms with Gasteiger partial charge in [0.15, 0.2) is 11.5 Å². The number of anilines is 1. The van der Waals surface area contributed by atoms with Gasteiger partial charge in [0.2, 0.25) is 0 Å². The van der Waals surface area contributed by atoms with Gasteiger partial charge >= 0.3 is 5.97 Å². The zero-order valence-corrected chi connectivity index (χ0v) is 16.3. The van der Waals surface area contributed by atoms with Crippen molar-refractivity contribution >= 4 is 11.7 Å². The summed E-state index contributed by atoms with van der Waals surface area (Å²) < 4.78 is 11.4. The molecule has 3 aromatic rings. The van der Waals surface area contributed by atoms with Crippen LogP contribution < -0.4 is 14.8 Å². The van der Waals surface area contributed by atoms with Crippen molar-refractivity contribution in [1.29, 1.82) is 0 Å². The number of aromatic carboxylic acids is 1. The molecule has 7 heteroatoms. The first-order valence-corrected chi connectivity index (χ1v) is 9.36. The van der Waals surface area contributed by atoms with Crippen LogP contribution in [0.15, 0.2) is 61.2 Å². The predicted octanol–water partition coefficient (Wildman–Crippen LogP) is 4.17. The van der Waals surface area contributed by atoms with Crippen LogP contribution >= 0.6 is 0 Å². The minimum Gasteiger partial charge on any atom is -0.490 e. The first kappa shape index (κ1) is 20.1. The van der Waals surface area contributed by atoms with E-state index in [0.717, 1.165) is 16.8 Å². The van der Waals surface area contributed by atoms with Gasteiger partial charge in [0.05, 0.1) is 24.8 Å². The molecule has 2 aromatic carbocycles.